The van der Waals surface area contributed by atoms with Gasteiger partial charge in [-0.1, -0.05) is 18.2 Å². The molecule has 5 nitrogen and oxygen atoms in total. The summed E-state index contributed by atoms with van der Waals surface area (Å²) < 4.78 is 16.0. The zero-order valence-electron chi connectivity index (χ0n) is 13.5. The van der Waals surface area contributed by atoms with Crippen molar-refractivity contribution in [3.8, 4) is 11.5 Å². The third-order valence-electron chi connectivity index (χ3n) is 4.06. The number of nitrogens with two attached hydrogens (primary N) is 1. The molecular formula is C18H20ClNO4. The van der Waals surface area contributed by atoms with Gasteiger partial charge < -0.3 is 19.9 Å². The van der Waals surface area contributed by atoms with Gasteiger partial charge in [0.2, 0.25) is 0 Å². The predicted octanol–water partition coefficient (Wildman–Crippen LogP) is 3.43. The Balaban J connectivity index is 0.00000208. The maximum absolute atomic E-state index is 11.5. The Kier molecular flexibility index (Phi) is 5.70. The maximum Gasteiger partial charge on any atom is 0.337 e. The number of benzene rings is 2. The Hall–Kier alpha value is -2.24. The van der Waals surface area contributed by atoms with Gasteiger partial charge in [-0.15, -0.1) is 12.4 Å². The second-order valence-corrected chi connectivity index (χ2v) is 5.47. The van der Waals surface area contributed by atoms with E-state index in [-0.39, 0.29) is 30.5 Å². The molecule has 1 heterocycles. The van der Waals surface area contributed by atoms with E-state index in [2.05, 4.69) is 0 Å². The Bertz CT molecular complexity index is 717. The zero-order chi connectivity index (χ0) is 16.4. The Morgan fingerprint density at radius 3 is 2.50 bits per heavy atom. The van der Waals surface area contributed by atoms with E-state index in [0.29, 0.717) is 12.0 Å². The molecule has 2 aromatic rings. The molecule has 2 N–H and O–H groups in total. The summed E-state index contributed by atoms with van der Waals surface area (Å²) in [5.74, 6) is 1.12. The van der Waals surface area contributed by atoms with Crippen molar-refractivity contribution < 1.29 is 19.0 Å². The lowest BCUT2D eigenvalue weighted by Gasteiger charge is -2.30. The summed E-state index contributed by atoms with van der Waals surface area (Å²) in [5.41, 5.74) is 8.74. The quantitative estimate of drug-likeness (QED) is 0.860. The van der Waals surface area contributed by atoms with Crippen LogP contribution in [0.25, 0.3) is 0 Å². The third-order valence-corrected chi connectivity index (χ3v) is 4.06. The number of fused-ring (bicyclic) bond motifs is 1. The van der Waals surface area contributed by atoms with E-state index in [1.807, 2.05) is 30.3 Å². The van der Waals surface area contributed by atoms with E-state index >= 15 is 0 Å². The van der Waals surface area contributed by atoms with Crippen LogP contribution in [0.3, 0.4) is 0 Å². The van der Waals surface area contributed by atoms with Gasteiger partial charge in [0, 0.05) is 24.1 Å². The van der Waals surface area contributed by atoms with Crippen molar-refractivity contribution in [2.45, 2.75) is 18.6 Å². The highest BCUT2D eigenvalue weighted by molar-refractivity contribution is 5.89. The molecule has 2 aromatic carbocycles. The lowest BCUT2D eigenvalue weighted by molar-refractivity contribution is 0.0600. The van der Waals surface area contributed by atoms with Gasteiger partial charge in [-0.2, -0.15) is 0 Å². The molecule has 128 valence electrons. The fourth-order valence-electron chi connectivity index (χ4n) is 2.76. The summed E-state index contributed by atoms with van der Waals surface area (Å²) in [6, 6.07) is 12.8. The highest BCUT2D eigenvalue weighted by Gasteiger charge is 2.27. The fourth-order valence-corrected chi connectivity index (χ4v) is 2.76. The van der Waals surface area contributed by atoms with Crippen LogP contribution in [0.5, 0.6) is 11.5 Å². The number of hydrogen-bond acceptors (Lipinski definition) is 5. The SMILES string of the molecule is COC(=O)c1ccc([C@H]2C[C@@H](N)c3ccc(OC)cc3O2)cc1.Cl. The van der Waals surface area contributed by atoms with Gasteiger partial charge in [-0.25, -0.2) is 4.79 Å². The summed E-state index contributed by atoms with van der Waals surface area (Å²) in [7, 11) is 2.98. The van der Waals surface area contributed by atoms with Gasteiger partial charge in [-0.3, -0.25) is 0 Å². The molecule has 1 aliphatic heterocycles. The number of methoxy groups -OCH3 is 2. The standard InChI is InChI=1S/C18H19NO4.ClH/c1-21-13-7-8-14-15(19)10-16(23-17(14)9-13)11-3-5-12(6-4-11)18(20)22-2;/h3-9,15-16H,10,19H2,1-2H3;1H/t15-,16-;/m1./s1. The number of ether oxygens (including phenoxy) is 3. The summed E-state index contributed by atoms with van der Waals surface area (Å²) in [4.78, 5) is 11.5. The van der Waals surface area contributed by atoms with Gasteiger partial charge in [-0.05, 0) is 23.8 Å². The van der Waals surface area contributed by atoms with E-state index < -0.39 is 0 Å². The molecule has 0 spiro atoms. The lowest BCUT2D eigenvalue weighted by Crippen LogP contribution is -2.24. The highest BCUT2D eigenvalue weighted by Crippen LogP contribution is 2.41. The maximum atomic E-state index is 11.5. The molecule has 6 heteroatoms. The molecule has 0 aliphatic carbocycles. The van der Waals surface area contributed by atoms with Crippen LogP contribution in [-0.2, 0) is 4.74 Å². The average molecular weight is 350 g/mol. The van der Waals surface area contributed by atoms with Gasteiger partial charge in [0.05, 0.1) is 19.8 Å². The smallest absolute Gasteiger partial charge is 0.337 e. The van der Waals surface area contributed by atoms with E-state index in [0.717, 1.165) is 22.6 Å². The normalized spacial score (nSPS) is 18.6. The van der Waals surface area contributed by atoms with Crippen molar-refractivity contribution in [1.82, 2.24) is 0 Å². The van der Waals surface area contributed by atoms with Gasteiger partial charge in [0.15, 0.2) is 0 Å². The molecule has 0 bridgehead atoms. The van der Waals surface area contributed by atoms with E-state index in [1.165, 1.54) is 7.11 Å². The monoisotopic (exact) mass is 349 g/mol. The van der Waals surface area contributed by atoms with Gasteiger partial charge >= 0.3 is 5.97 Å². The first kappa shape index (κ1) is 18.1. The number of esters is 1. The molecule has 3 rings (SSSR count). The topological polar surface area (TPSA) is 70.8 Å². The molecule has 0 amide bonds. The van der Waals surface area contributed by atoms with E-state index in [4.69, 9.17) is 19.9 Å². The molecule has 1 aliphatic rings. The second-order valence-electron chi connectivity index (χ2n) is 5.47. The molecule has 2 atom stereocenters. The lowest BCUT2D eigenvalue weighted by atomic mass is 9.93. The Morgan fingerprint density at radius 2 is 1.88 bits per heavy atom. The number of carbonyl (C=O) groups excluding carboxylic acids is 1. The fraction of sp³-hybridized carbons (Fsp3) is 0.278. The van der Waals surface area contributed by atoms with Crippen molar-refractivity contribution in [2.75, 3.05) is 14.2 Å². The average Bonchev–Trinajstić information content (AvgIpc) is 2.60. The van der Waals surface area contributed by atoms with Crippen LogP contribution in [0, 0.1) is 0 Å². The minimum atomic E-state index is -0.354. The summed E-state index contributed by atoms with van der Waals surface area (Å²) >= 11 is 0. The first-order valence-electron chi connectivity index (χ1n) is 7.41. The van der Waals surface area contributed by atoms with Gasteiger partial charge in [0.25, 0.3) is 0 Å². The largest absolute Gasteiger partial charge is 0.497 e. The molecular weight excluding hydrogens is 330 g/mol. The van der Waals surface area contributed by atoms with Crippen LogP contribution in [0.15, 0.2) is 42.5 Å². The number of carbonyl (C=O) groups is 1. The van der Waals surface area contributed by atoms with E-state index in [9.17, 15) is 4.79 Å². The van der Waals surface area contributed by atoms with Crippen molar-refractivity contribution >= 4 is 18.4 Å². The first-order chi connectivity index (χ1) is 11.1. The molecule has 0 radical (unpaired) electrons. The Labute approximate surface area is 147 Å². The number of rotatable bonds is 3. The highest BCUT2D eigenvalue weighted by atomic mass is 35.5. The van der Waals surface area contributed by atoms with Crippen LogP contribution in [0.4, 0.5) is 0 Å². The first-order valence-corrected chi connectivity index (χ1v) is 7.41. The molecule has 0 aromatic heterocycles. The zero-order valence-corrected chi connectivity index (χ0v) is 14.3. The van der Waals surface area contributed by atoms with Crippen LogP contribution in [-0.4, -0.2) is 20.2 Å². The third kappa shape index (κ3) is 3.47. The summed E-state index contributed by atoms with van der Waals surface area (Å²) in [6.07, 6.45) is 0.521. The van der Waals surface area contributed by atoms with Crippen molar-refractivity contribution in [3.63, 3.8) is 0 Å². The minimum absolute atomic E-state index is 0. The minimum Gasteiger partial charge on any atom is -0.497 e. The number of halogens is 1. The molecule has 0 saturated heterocycles. The molecule has 24 heavy (non-hydrogen) atoms. The predicted molar refractivity (Wildman–Crippen MR) is 92.9 cm³/mol. The van der Waals surface area contributed by atoms with Crippen LogP contribution >= 0.6 is 12.4 Å². The second kappa shape index (κ2) is 7.55. The van der Waals surface area contributed by atoms with Crippen molar-refractivity contribution in [2.24, 2.45) is 5.73 Å². The molecule has 0 unspecified atom stereocenters. The summed E-state index contributed by atoms with van der Waals surface area (Å²) in [6.45, 7) is 0. The Morgan fingerprint density at radius 1 is 1.17 bits per heavy atom. The molecule has 0 fully saturated rings. The van der Waals surface area contributed by atoms with Crippen LogP contribution in [0.2, 0.25) is 0 Å². The summed E-state index contributed by atoms with van der Waals surface area (Å²) in [5, 5.41) is 0. The van der Waals surface area contributed by atoms with Crippen molar-refractivity contribution in [3.05, 3.63) is 59.2 Å². The van der Waals surface area contributed by atoms with Crippen LogP contribution in [0.1, 0.15) is 40.1 Å². The van der Waals surface area contributed by atoms with Crippen molar-refractivity contribution in [1.29, 1.82) is 0 Å². The van der Waals surface area contributed by atoms with Gasteiger partial charge in [0.1, 0.15) is 17.6 Å². The van der Waals surface area contributed by atoms with Crippen LogP contribution < -0.4 is 15.2 Å². The molecule has 0 saturated carbocycles. The number of hydrogen-bond donors (Lipinski definition) is 1. The van der Waals surface area contributed by atoms with E-state index in [1.54, 1.807) is 19.2 Å².